The quantitative estimate of drug-likeness (QED) is 0.428. The van der Waals surface area contributed by atoms with Crippen molar-refractivity contribution >= 4 is 23.6 Å². The maximum atomic E-state index is 12.9. The maximum Gasteiger partial charge on any atom is 0.338 e. The number of esters is 1. The molecular weight excluding hydrogens is 428 g/mol. The lowest BCUT2D eigenvalue weighted by atomic mass is 9.94. The van der Waals surface area contributed by atoms with Gasteiger partial charge in [0.15, 0.2) is 0 Å². The van der Waals surface area contributed by atoms with Crippen molar-refractivity contribution < 1.29 is 14.3 Å². The standard InChI is InChI=1S/C24H21ClN4O3/c1-3-13-32-23(30)20-15(2)26-24(31)27-22(20)19-14-29(18-7-5-4-6-8-18)28-21(19)16-9-11-17(25)12-10-16/h3-12,14,22H,1,13H2,2H3,(H2,26,27,31)/t22-/m1/s1. The molecule has 0 fully saturated rings. The van der Waals surface area contributed by atoms with Gasteiger partial charge in [0, 0.05) is 28.0 Å². The van der Waals surface area contributed by atoms with Crippen molar-refractivity contribution in [2.75, 3.05) is 6.61 Å². The van der Waals surface area contributed by atoms with Gasteiger partial charge in [0.05, 0.1) is 23.0 Å². The normalized spacial score (nSPS) is 15.7. The molecule has 1 atom stereocenters. The van der Waals surface area contributed by atoms with Crippen LogP contribution in [0.25, 0.3) is 16.9 Å². The summed E-state index contributed by atoms with van der Waals surface area (Å²) in [6.45, 7) is 5.31. The Morgan fingerprint density at radius 1 is 1.22 bits per heavy atom. The van der Waals surface area contributed by atoms with Crippen LogP contribution in [-0.4, -0.2) is 28.4 Å². The molecule has 1 aliphatic heterocycles. The minimum absolute atomic E-state index is 0.0591. The first-order valence-corrected chi connectivity index (χ1v) is 10.3. The zero-order valence-corrected chi connectivity index (χ0v) is 18.1. The number of ether oxygens (including phenoxy) is 1. The lowest BCUT2D eigenvalue weighted by molar-refractivity contribution is -0.138. The van der Waals surface area contributed by atoms with Gasteiger partial charge in [-0.05, 0) is 31.2 Å². The van der Waals surface area contributed by atoms with Crippen LogP contribution in [-0.2, 0) is 9.53 Å². The molecule has 1 aliphatic rings. The molecule has 2 N–H and O–H groups in total. The molecule has 0 aliphatic carbocycles. The Hall–Kier alpha value is -3.84. The number of amides is 2. The number of hydrogen-bond acceptors (Lipinski definition) is 4. The fourth-order valence-electron chi connectivity index (χ4n) is 3.55. The van der Waals surface area contributed by atoms with E-state index in [0.717, 1.165) is 11.3 Å². The molecule has 1 aromatic heterocycles. The third-order valence-electron chi connectivity index (χ3n) is 5.01. The summed E-state index contributed by atoms with van der Waals surface area (Å²) in [6, 6.07) is 15.6. The minimum Gasteiger partial charge on any atom is -0.458 e. The molecule has 0 bridgehead atoms. The van der Waals surface area contributed by atoms with Crippen LogP contribution >= 0.6 is 11.6 Å². The van der Waals surface area contributed by atoms with Crippen LogP contribution in [0, 0.1) is 0 Å². The summed E-state index contributed by atoms with van der Waals surface area (Å²) in [5.74, 6) is -0.547. The number of aromatic nitrogens is 2. The monoisotopic (exact) mass is 448 g/mol. The molecular formula is C24H21ClN4O3. The highest BCUT2D eigenvalue weighted by molar-refractivity contribution is 6.30. The molecule has 2 heterocycles. The van der Waals surface area contributed by atoms with Gasteiger partial charge in [0.1, 0.15) is 6.61 Å². The van der Waals surface area contributed by atoms with Crippen LogP contribution in [0.4, 0.5) is 4.79 Å². The first-order valence-electron chi connectivity index (χ1n) is 9.95. The highest BCUT2D eigenvalue weighted by Crippen LogP contribution is 2.35. The number of nitrogens with one attached hydrogen (secondary N) is 2. The number of carbonyl (C=O) groups is 2. The lowest BCUT2D eigenvalue weighted by Crippen LogP contribution is -2.45. The summed E-state index contributed by atoms with van der Waals surface area (Å²) >= 11 is 6.07. The first kappa shape index (κ1) is 21.4. The molecule has 0 saturated heterocycles. The number of nitrogens with zero attached hydrogens (tertiary/aromatic N) is 2. The van der Waals surface area contributed by atoms with E-state index in [9.17, 15) is 9.59 Å². The fraction of sp³-hybridized carbons (Fsp3) is 0.125. The molecule has 162 valence electrons. The largest absolute Gasteiger partial charge is 0.458 e. The van der Waals surface area contributed by atoms with Gasteiger partial charge in [-0.25, -0.2) is 14.3 Å². The van der Waals surface area contributed by atoms with Gasteiger partial charge in [0.25, 0.3) is 0 Å². The van der Waals surface area contributed by atoms with E-state index in [1.54, 1.807) is 23.7 Å². The van der Waals surface area contributed by atoms with Crippen LogP contribution in [0.2, 0.25) is 5.02 Å². The van der Waals surface area contributed by atoms with Crippen molar-refractivity contribution in [1.82, 2.24) is 20.4 Å². The van der Waals surface area contributed by atoms with Crippen LogP contribution in [0.3, 0.4) is 0 Å². The van der Waals surface area contributed by atoms with E-state index in [1.165, 1.54) is 6.08 Å². The molecule has 0 radical (unpaired) electrons. The molecule has 32 heavy (non-hydrogen) atoms. The Kier molecular flexibility index (Phi) is 6.09. The van der Waals surface area contributed by atoms with Crippen molar-refractivity contribution in [2.45, 2.75) is 13.0 Å². The predicted molar refractivity (Wildman–Crippen MR) is 122 cm³/mol. The van der Waals surface area contributed by atoms with Crippen LogP contribution < -0.4 is 10.6 Å². The molecule has 0 saturated carbocycles. The van der Waals surface area contributed by atoms with E-state index in [0.29, 0.717) is 27.6 Å². The first-order chi connectivity index (χ1) is 15.5. The van der Waals surface area contributed by atoms with Gasteiger partial charge in [-0.15, -0.1) is 0 Å². The Balaban J connectivity index is 1.88. The third-order valence-corrected chi connectivity index (χ3v) is 5.27. The molecule has 2 aromatic carbocycles. The fourth-order valence-corrected chi connectivity index (χ4v) is 3.68. The average molecular weight is 449 g/mol. The van der Waals surface area contributed by atoms with Gasteiger partial charge in [-0.2, -0.15) is 5.10 Å². The predicted octanol–water partition coefficient (Wildman–Crippen LogP) is 4.55. The number of benzene rings is 2. The summed E-state index contributed by atoms with van der Waals surface area (Å²) in [6.07, 6.45) is 3.30. The smallest absolute Gasteiger partial charge is 0.338 e. The summed E-state index contributed by atoms with van der Waals surface area (Å²) in [5, 5.41) is 10.9. The molecule has 0 spiro atoms. The summed E-state index contributed by atoms with van der Waals surface area (Å²) < 4.78 is 7.01. The Labute approximate surface area is 190 Å². The second-order valence-electron chi connectivity index (χ2n) is 7.18. The summed E-state index contributed by atoms with van der Waals surface area (Å²) in [4.78, 5) is 25.2. The Bertz CT molecular complexity index is 1200. The van der Waals surface area contributed by atoms with Gasteiger partial charge in [0.2, 0.25) is 0 Å². The van der Waals surface area contributed by atoms with Crippen molar-refractivity contribution in [3.8, 4) is 16.9 Å². The maximum absolute atomic E-state index is 12.9. The number of carbonyl (C=O) groups excluding carboxylic acids is 2. The number of halogens is 1. The van der Waals surface area contributed by atoms with Gasteiger partial charge < -0.3 is 15.4 Å². The van der Waals surface area contributed by atoms with Gasteiger partial charge in [-0.1, -0.05) is 54.6 Å². The highest BCUT2D eigenvalue weighted by Gasteiger charge is 2.35. The van der Waals surface area contributed by atoms with Crippen LogP contribution in [0.15, 0.2) is 84.7 Å². The topological polar surface area (TPSA) is 85.2 Å². The molecule has 7 nitrogen and oxygen atoms in total. The summed E-state index contributed by atoms with van der Waals surface area (Å²) in [5.41, 5.74) is 3.61. The number of allylic oxidation sites excluding steroid dienone is 1. The average Bonchev–Trinajstić information content (AvgIpc) is 3.23. The second-order valence-corrected chi connectivity index (χ2v) is 7.61. The number of para-hydroxylation sites is 1. The van der Waals surface area contributed by atoms with Crippen molar-refractivity contribution in [3.05, 3.63) is 95.3 Å². The SMILES string of the molecule is C=CCOC(=O)C1=C(C)NC(=O)N[C@@H]1c1cn(-c2ccccc2)nc1-c1ccc(Cl)cc1. The van der Waals surface area contributed by atoms with Gasteiger partial charge in [-0.3, -0.25) is 0 Å². The second kappa shape index (κ2) is 9.11. The Morgan fingerprint density at radius 3 is 2.62 bits per heavy atom. The molecule has 0 unspecified atom stereocenters. The van der Waals surface area contributed by atoms with E-state index in [-0.39, 0.29) is 6.61 Å². The van der Waals surface area contributed by atoms with E-state index in [4.69, 9.17) is 21.4 Å². The Morgan fingerprint density at radius 2 is 1.94 bits per heavy atom. The molecule has 3 aromatic rings. The zero-order valence-electron chi connectivity index (χ0n) is 17.3. The number of urea groups is 1. The zero-order chi connectivity index (χ0) is 22.7. The number of hydrogen-bond donors (Lipinski definition) is 2. The van der Waals surface area contributed by atoms with Gasteiger partial charge >= 0.3 is 12.0 Å². The van der Waals surface area contributed by atoms with E-state index in [2.05, 4.69) is 17.2 Å². The highest BCUT2D eigenvalue weighted by atomic mass is 35.5. The summed E-state index contributed by atoms with van der Waals surface area (Å²) in [7, 11) is 0. The third kappa shape index (κ3) is 4.29. The number of rotatable bonds is 6. The van der Waals surface area contributed by atoms with Crippen molar-refractivity contribution in [1.29, 1.82) is 0 Å². The van der Waals surface area contributed by atoms with E-state index < -0.39 is 18.0 Å². The lowest BCUT2D eigenvalue weighted by Gasteiger charge is -2.27. The molecule has 4 rings (SSSR count). The van der Waals surface area contributed by atoms with Crippen LogP contribution in [0.1, 0.15) is 18.5 Å². The van der Waals surface area contributed by atoms with Crippen molar-refractivity contribution in [3.63, 3.8) is 0 Å². The molecule has 8 heteroatoms. The minimum atomic E-state index is -0.760. The molecule has 2 amide bonds. The van der Waals surface area contributed by atoms with Crippen molar-refractivity contribution in [2.24, 2.45) is 0 Å². The van der Waals surface area contributed by atoms with E-state index >= 15 is 0 Å². The van der Waals surface area contributed by atoms with E-state index in [1.807, 2.05) is 48.7 Å². The van der Waals surface area contributed by atoms with Crippen LogP contribution in [0.5, 0.6) is 0 Å².